The quantitative estimate of drug-likeness (QED) is 0.891. The molecular weight excluding hydrogens is 234 g/mol. The van der Waals surface area contributed by atoms with Gasteiger partial charge < -0.3 is 5.32 Å². The topological polar surface area (TPSA) is 37.8 Å². The van der Waals surface area contributed by atoms with Crippen molar-refractivity contribution in [2.24, 2.45) is 0 Å². The van der Waals surface area contributed by atoms with E-state index in [0.717, 1.165) is 24.4 Å². The summed E-state index contributed by atoms with van der Waals surface area (Å²) in [5.74, 6) is 0. The number of hydrogen-bond donors (Lipinski definition) is 1. The SMILES string of the molecule is CCCNC(c1cccc(C)c1)c1cnc(C)cn1. The van der Waals surface area contributed by atoms with Crippen molar-refractivity contribution < 1.29 is 0 Å². The van der Waals surface area contributed by atoms with Crippen LogP contribution >= 0.6 is 0 Å². The molecule has 1 unspecified atom stereocenters. The van der Waals surface area contributed by atoms with Gasteiger partial charge in [-0.25, -0.2) is 0 Å². The summed E-state index contributed by atoms with van der Waals surface area (Å²) in [7, 11) is 0. The third-order valence-corrected chi connectivity index (χ3v) is 3.07. The van der Waals surface area contributed by atoms with E-state index in [-0.39, 0.29) is 6.04 Å². The lowest BCUT2D eigenvalue weighted by Crippen LogP contribution is -2.24. The number of rotatable bonds is 5. The van der Waals surface area contributed by atoms with Crippen LogP contribution < -0.4 is 5.32 Å². The van der Waals surface area contributed by atoms with Gasteiger partial charge in [-0.15, -0.1) is 0 Å². The Labute approximate surface area is 115 Å². The summed E-state index contributed by atoms with van der Waals surface area (Å²) in [4.78, 5) is 8.87. The van der Waals surface area contributed by atoms with Gasteiger partial charge in [-0.3, -0.25) is 9.97 Å². The molecule has 0 bridgehead atoms. The lowest BCUT2D eigenvalue weighted by Gasteiger charge is -2.18. The molecule has 0 aliphatic carbocycles. The Kier molecular flexibility index (Phi) is 4.63. The molecule has 3 heteroatoms. The summed E-state index contributed by atoms with van der Waals surface area (Å²) in [6, 6.07) is 8.66. The molecule has 0 radical (unpaired) electrons. The van der Waals surface area contributed by atoms with Crippen LogP contribution in [-0.2, 0) is 0 Å². The van der Waals surface area contributed by atoms with Gasteiger partial charge in [0.25, 0.3) is 0 Å². The molecule has 2 rings (SSSR count). The first kappa shape index (κ1) is 13.7. The molecule has 0 saturated heterocycles. The van der Waals surface area contributed by atoms with Crippen molar-refractivity contribution in [2.75, 3.05) is 6.54 Å². The lowest BCUT2D eigenvalue weighted by molar-refractivity contribution is 0.583. The van der Waals surface area contributed by atoms with Crippen molar-refractivity contribution in [3.8, 4) is 0 Å². The van der Waals surface area contributed by atoms with Crippen LogP contribution in [0.4, 0.5) is 0 Å². The van der Waals surface area contributed by atoms with Crippen LogP contribution in [0.1, 0.15) is 41.9 Å². The van der Waals surface area contributed by atoms with Crippen molar-refractivity contribution in [3.63, 3.8) is 0 Å². The molecule has 0 fully saturated rings. The highest BCUT2D eigenvalue weighted by atomic mass is 14.9. The third kappa shape index (κ3) is 3.61. The number of benzene rings is 1. The summed E-state index contributed by atoms with van der Waals surface area (Å²) >= 11 is 0. The third-order valence-electron chi connectivity index (χ3n) is 3.07. The second kappa shape index (κ2) is 6.43. The van der Waals surface area contributed by atoms with Gasteiger partial charge in [-0.1, -0.05) is 36.8 Å². The molecular formula is C16H21N3. The van der Waals surface area contributed by atoms with Crippen molar-refractivity contribution in [1.82, 2.24) is 15.3 Å². The molecule has 2 aromatic rings. The van der Waals surface area contributed by atoms with Crippen LogP contribution in [0.15, 0.2) is 36.7 Å². The van der Waals surface area contributed by atoms with E-state index in [1.54, 1.807) is 0 Å². The molecule has 100 valence electrons. The first-order valence-electron chi connectivity index (χ1n) is 6.79. The zero-order valence-corrected chi connectivity index (χ0v) is 11.9. The van der Waals surface area contributed by atoms with E-state index in [1.807, 2.05) is 19.3 Å². The predicted molar refractivity (Wildman–Crippen MR) is 78.1 cm³/mol. The molecule has 1 aromatic carbocycles. The van der Waals surface area contributed by atoms with E-state index in [0.29, 0.717) is 0 Å². The van der Waals surface area contributed by atoms with Crippen molar-refractivity contribution in [1.29, 1.82) is 0 Å². The molecule has 0 aliphatic rings. The fourth-order valence-electron chi connectivity index (χ4n) is 2.08. The molecule has 0 spiro atoms. The van der Waals surface area contributed by atoms with E-state index in [9.17, 15) is 0 Å². The summed E-state index contributed by atoms with van der Waals surface area (Å²) in [6.45, 7) is 7.20. The lowest BCUT2D eigenvalue weighted by atomic mass is 10.0. The van der Waals surface area contributed by atoms with E-state index < -0.39 is 0 Å². The van der Waals surface area contributed by atoms with Crippen molar-refractivity contribution >= 4 is 0 Å². The molecule has 1 heterocycles. The Hall–Kier alpha value is -1.74. The highest BCUT2D eigenvalue weighted by Gasteiger charge is 2.14. The monoisotopic (exact) mass is 255 g/mol. The fraction of sp³-hybridized carbons (Fsp3) is 0.375. The summed E-state index contributed by atoms with van der Waals surface area (Å²) in [6.07, 6.45) is 4.79. The first-order valence-corrected chi connectivity index (χ1v) is 6.79. The molecule has 0 saturated carbocycles. The molecule has 3 nitrogen and oxygen atoms in total. The average Bonchev–Trinajstić information content (AvgIpc) is 2.41. The van der Waals surface area contributed by atoms with Crippen molar-refractivity contribution in [2.45, 2.75) is 33.2 Å². The maximum Gasteiger partial charge on any atom is 0.0801 e. The van der Waals surface area contributed by atoms with E-state index >= 15 is 0 Å². The van der Waals surface area contributed by atoms with Crippen molar-refractivity contribution in [3.05, 3.63) is 59.2 Å². The van der Waals surface area contributed by atoms with Crippen LogP contribution in [0, 0.1) is 13.8 Å². The maximum absolute atomic E-state index is 4.51. The standard InChI is InChI=1S/C16H21N3/c1-4-8-17-16(14-7-5-6-12(2)9-14)15-11-18-13(3)10-19-15/h5-7,9-11,16-17H,4,8H2,1-3H3. The predicted octanol–water partition coefficient (Wildman–Crippen LogP) is 3.18. The van der Waals surface area contributed by atoms with Crippen LogP contribution in [0.5, 0.6) is 0 Å². The summed E-state index contributed by atoms with van der Waals surface area (Å²) in [5.41, 5.74) is 4.43. The smallest absolute Gasteiger partial charge is 0.0801 e. The zero-order valence-electron chi connectivity index (χ0n) is 11.9. The maximum atomic E-state index is 4.51. The van der Waals surface area contributed by atoms with Crippen LogP contribution in [0.3, 0.4) is 0 Å². The molecule has 0 aliphatic heterocycles. The minimum Gasteiger partial charge on any atom is -0.305 e. The Morgan fingerprint density at radius 2 is 2.00 bits per heavy atom. The largest absolute Gasteiger partial charge is 0.305 e. The molecule has 1 N–H and O–H groups in total. The van der Waals surface area contributed by atoms with Gasteiger partial charge >= 0.3 is 0 Å². The summed E-state index contributed by atoms with van der Waals surface area (Å²) in [5, 5.41) is 3.55. The first-order chi connectivity index (χ1) is 9.20. The van der Waals surface area contributed by atoms with Gasteiger partial charge in [0.2, 0.25) is 0 Å². The minimum absolute atomic E-state index is 0.118. The number of aryl methyl sites for hydroxylation is 2. The second-order valence-corrected chi connectivity index (χ2v) is 4.88. The van der Waals surface area contributed by atoms with Gasteiger partial charge in [0, 0.05) is 6.20 Å². The van der Waals surface area contributed by atoms with Gasteiger partial charge in [0.05, 0.1) is 23.6 Å². The molecule has 19 heavy (non-hydrogen) atoms. The Balaban J connectivity index is 2.32. The molecule has 0 amide bonds. The highest BCUT2D eigenvalue weighted by Crippen LogP contribution is 2.20. The van der Waals surface area contributed by atoms with E-state index in [4.69, 9.17) is 0 Å². The molecule has 1 atom stereocenters. The zero-order chi connectivity index (χ0) is 13.7. The second-order valence-electron chi connectivity index (χ2n) is 4.88. The Morgan fingerprint density at radius 1 is 1.16 bits per heavy atom. The summed E-state index contributed by atoms with van der Waals surface area (Å²) < 4.78 is 0. The van der Waals surface area contributed by atoms with Gasteiger partial charge in [0.1, 0.15) is 0 Å². The Morgan fingerprint density at radius 3 is 2.63 bits per heavy atom. The van der Waals surface area contributed by atoms with Gasteiger partial charge in [-0.05, 0) is 32.4 Å². The number of nitrogens with zero attached hydrogens (tertiary/aromatic N) is 2. The molecule has 1 aromatic heterocycles. The Bertz CT molecular complexity index is 520. The fourth-order valence-corrected chi connectivity index (χ4v) is 2.08. The number of nitrogens with one attached hydrogen (secondary N) is 1. The van der Waals surface area contributed by atoms with Crippen LogP contribution in [0.2, 0.25) is 0 Å². The number of hydrogen-bond acceptors (Lipinski definition) is 3. The number of aromatic nitrogens is 2. The van der Waals surface area contributed by atoms with E-state index in [1.165, 1.54) is 11.1 Å². The van der Waals surface area contributed by atoms with E-state index in [2.05, 4.69) is 53.4 Å². The van der Waals surface area contributed by atoms with Gasteiger partial charge in [0.15, 0.2) is 0 Å². The average molecular weight is 255 g/mol. The normalized spacial score (nSPS) is 12.4. The minimum atomic E-state index is 0.118. The highest BCUT2D eigenvalue weighted by molar-refractivity contribution is 5.30. The van der Waals surface area contributed by atoms with Crippen LogP contribution in [0.25, 0.3) is 0 Å². The van der Waals surface area contributed by atoms with Gasteiger partial charge in [-0.2, -0.15) is 0 Å². The van der Waals surface area contributed by atoms with Crippen LogP contribution in [-0.4, -0.2) is 16.5 Å².